The molecule has 5 nitrogen and oxygen atoms in total. The number of benzene rings is 2. The number of thiazole rings is 1. The van der Waals surface area contributed by atoms with E-state index in [2.05, 4.69) is 9.72 Å². The number of carbonyl (C=O) groups excluding carboxylic acids is 2. The number of para-hydroxylation sites is 1. The zero-order chi connectivity index (χ0) is 17.1. The van der Waals surface area contributed by atoms with Gasteiger partial charge in [-0.2, -0.15) is 0 Å². The highest BCUT2D eigenvalue weighted by molar-refractivity contribution is 7.18. The number of carbonyl (C=O) groups is 2. The molecule has 1 amide bonds. The Bertz CT molecular complexity index is 854. The lowest BCUT2D eigenvalue weighted by molar-refractivity contribution is 0.0600. The molecule has 0 aliphatic heterocycles. The number of amides is 1. The molecule has 3 rings (SSSR count). The van der Waals surface area contributed by atoms with Crippen molar-refractivity contribution in [2.75, 3.05) is 14.2 Å². The second kappa shape index (κ2) is 6.80. The zero-order valence-electron chi connectivity index (χ0n) is 13.4. The third kappa shape index (κ3) is 3.28. The highest BCUT2D eigenvalue weighted by Gasteiger charge is 2.15. The molecule has 0 aliphatic rings. The van der Waals surface area contributed by atoms with Gasteiger partial charge in [0.1, 0.15) is 5.01 Å². The third-order valence-corrected chi connectivity index (χ3v) is 4.63. The van der Waals surface area contributed by atoms with Crippen molar-refractivity contribution in [2.45, 2.75) is 6.54 Å². The van der Waals surface area contributed by atoms with Gasteiger partial charge in [0, 0.05) is 12.6 Å². The summed E-state index contributed by atoms with van der Waals surface area (Å²) in [7, 11) is 3.07. The van der Waals surface area contributed by atoms with Crippen LogP contribution in [-0.4, -0.2) is 35.9 Å². The highest BCUT2D eigenvalue weighted by atomic mass is 32.1. The van der Waals surface area contributed by atoms with Gasteiger partial charge in [-0.15, -0.1) is 11.3 Å². The first-order chi connectivity index (χ1) is 11.6. The minimum Gasteiger partial charge on any atom is -0.465 e. The number of methoxy groups -OCH3 is 1. The van der Waals surface area contributed by atoms with Crippen molar-refractivity contribution in [1.29, 1.82) is 0 Å². The predicted octanol–water partition coefficient (Wildman–Crippen LogP) is 3.36. The Balaban J connectivity index is 1.73. The number of esters is 1. The van der Waals surface area contributed by atoms with Crippen LogP contribution in [0.25, 0.3) is 10.2 Å². The van der Waals surface area contributed by atoms with Gasteiger partial charge in [-0.25, -0.2) is 9.78 Å². The van der Waals surface area contributed by atoms with Crippen LogP contribution in [0.3, 0.4) is 0 Å². The van der Waals surface area contributed by atoms with E-state index in [-0.39, 0.29) is 5.91 Å². The largest absolute Gasteiger partial charge is 0.465 e. The SMILES string of the molecule is COC(=O)c1ccc(C(=O)N(C)Cc2nc3ccccc3s2)cc1. The normalized spacial score (nSPS) is 10.6. The van der Waals surface area contributed by atoms with Crippen LogP contribution in [0.1, 0.15) is 25.7 Å². The monoisotopic (exact) mass is 340 g/mol. The predicted molar refractivity (Wildman–Crippen MR) is 93.2 cm³/mol. The minimum absolute atomic E-state index is 0.120. The Labute approximate surface area is 143 Å². The van der Waals surface area contributed by atoms with E-state index in [0.717, 1.165) is 15.2 Å². The highest BCUT2D eigenvalue weighted by Crippen LogP contribution is 2.22. The van der Waals surface area contributed by atoms with Crippen LogP contribution in [0.2, 0.25) is 0 Å². The standard InChI is InChI=1S/C18H16N2O3S/c1-20(11-16-19-14-5-3-4-6-15(14)24-16)17(21)12-7-9-13(10-8-12)18(22)23-2/h3-10H,11H2,1-2H3. The molecule has 6 heteroatoms. The summed E-state index contributed by atoms with van der Waals surface area (Å²) in [6, 6.07) is 14.3. The summed E-state index contributed by atoms with van der Waals surface area (Å²) in [6.45, 7) is 0.441. The molecule has 122 valence electrons. The quantitative estimate of drug-likeness (QED) is 0.683. The second-order valence-electron chi connectivity index (χ2n) is 5.31. The van der Waals surface area contributed by atoms with Crippen LogP contribution >= 0.6 is 11.3 Å². The van der Waals surface area contributed by atoms with Gasteiger partial charge in [0.05, 0.1) is 29.4 Å². The van der Waals surface area contributed by atoms with Crippen molar-refractivity contribution < 1.29 is 14.3 Å². The van der Waals surface area contributed by atoms with Gasteiger partial charge in [0.15, 0.2) is 0 Å². The Morgan fingerprint density at radius 2 is 1.75 bits per heavy atom. The lowest BCUT2D eigenvalue weighted by Gasteiger charge is -2.15. The third-order valence-electron chi connectivity index (χ3n) is 3.61. The van der Waals surface area contributed by atoms with Gasteiger partial charge >= 0.3 is 5.97 Å². The van der Waals surface area contributed by atoms with Crippen LogP contribution in [0, 0.1) is 0 Å². The summed E-state index contributed by atoms with van der Waals surface area (Å²) >= 11 is 1.58. The van der Waals surface area contributed by atoms with Crippen molar-refractivity contribution in [3.8, 4) is 0 Å². The first-order valence-electron chi connectivity index (χ1n) is 7.37. The van der Waals surface area contributed by atoms with Crippen LogP contribution in [-0.2, 0) is 11.3 Å². The lowest BCUT2D eigenvalue weighted by Crippen LogP contribution is -2.26. The summed E-state index contributed by atoms with van der Waals surface area (Å²) in [6.07, 6.45) is 0. The molecule has 0 spiro atoms. The molecule has 0 aliphatic carbocycles. The number of nitrogens with zero attached hydrogens (tertiary/aromatic N) is 2. The number of hydrogen-bond acceptors (Lipinski definition) is 5. The van der Waals surface area contributed by atoms with Crippen molar-refractivity contribution in [3.63, 3.8) is 0 Å². The van der Waals surface area contributed by atoms with Gasteiger partial charge in [-0.1, -0.05) is 12.1 Å². The number of ether oxygens (including phenoxy) is 1. The fourth-order valence-corrected chi connectivity index (χ4v) is 3.37. The van der Waals surface area contributed by atoms with Crippen molar-refractivity contribution >= 4 is 33.4 Å². The van der Waals surface area contributed by atoms with Crippen LogP contribution in [0.4, 0.5) is 0 Å². The average molecular weight is 340 g/mol. The van der Waals surface area contributed by atoms with Crippen LogP contribution in [0.15, 0.2) is 48.5 Å². The Kier molecular flexibility index (Phi) is 4.57. The van der Waals surface area contributed by atoms with E-state index in [1.807, 2.05) is 24.3 Å². The van der Waals surface area contributed by atoms with Gasteiger partial charge in [-0.3, -0.25) is 4.79 Å². The van der Waals surface area contributed by atoms with E-state index in [0.29, 0.717) is 17.7 Å². The van der Waals surface area contributed by atoms with Crippen LogP contribution in [0.5, 0.6) is 0 Å². The molecule has 0 fully saturated rings. The van der Waals surface area contributed by atoms with Crippen LogP contribution < -0.4 is 0 Å². The molecule has 0 N–H and O–H groups in total. The fraction of sp³-hybridized carbons (Fsp3) is 0.167. The molecule has 1 heterocycles. The first kappa shape index (κ1) is 16.1. The summed E-state index contributed by atoms with van der Waals surface area (Å²) in [4.78, 5) is 30.1. The molecule has 3 aromatic rings. The minimum atomic E-state index is -0.420. The van der Waals surface area contributed by atoms with Gasteiger partial charge in [0.25, 0.3) is 5.91 Å². The van der Waals surface area contributed by atoms with E-state index < -0.39 is 5.97 Å². The van der Waals surface area contributed by atoms with Crippen molar-refractivity contribution in [1.82, 2.24) is 9.88 Å². The maximum atomic E-state index is 12.5. The zero-order valence-corrected chi connectivity index (χ0v) is 14.2. The van der Waals surface area contributed by atoms with Crippen molar-refractivity contribution in [2.24, 2.45) is 0 Å². The Hall–Kier alpha value is -2.73. The molecule has 0 radical (unpaired) electrons. The summed E-state index contributed by atoms with van der Waals surface area (Å²) in [5, 5.41) is 0.887. The molecule has 1 aromatic heterocycles. The molecule has 0 unspecified atom stereocenters. The number of aromatic nitrogens is 1. The average Bonchev–Trinajstić information content (AvgIpc) is 3.02. The molecular formula is C18H16N2O3S. The second-order valence-corrected chi connectivity index (χ2v) is 6.42. The number of fused-ring (bicyclic) bond motifs is 1. The molecule has 2 aromatic carbocycles. The molecule has 24 heavy (non-hydrogen) atoms. The molecular weight excluding hydrogens is 324 g/mol. The Morgan fingerprint density at radius 1 is 1.08 bits per heavy atom. The van der Waals surface area contributed by atoms with E-state index in [1.165, 1.54) is 7.11 Å². The van der Waals surface area contributed by atoms with E-state index >= 15 is 0 Å². The van der Waals surface area contributed by atoms with Gasteiger partial charge < -0.3 is 9.64 Å². The number of rotatable bonds is 4. The summed E-state index contributed by atoms with van der Waals surface area (Å²) in [5.41, 5.74) is 1.88. The summed E-state index contributed by atoms with van der Waals surface area (Å²) in [5.74, 6) is -0.539. The fourth-order valence-electron chi connectivity index (χ4n) is 2.35. The van der Waals surface area contributed by atoms with E-state index in [4.69, 9.17) is 0 Å². The number of hydrogen-bond donors (Lipinski definition) is 0. The first-order valence-corrected chi connectivity index (χ1v) is 8.18. The smallest absolute Gasteiger partial charge is 0.337 e. The maximum absolute atomic E-state index is 12.5. The molecule has 0 saturated heterocycles. The van der Waals surface area contributed by atoms with E-state index in [1.54, 1.807) is 47.5 Å². The molecule has 0 saturated carbocycles. The van der Waals surface area contributed by atoms with Crippen molar-refractivity contribution in [3.05, 3.63) is 64.7 Å². The molecule has 0 bridgehead atoms. The maximum Gasteiger partial charge on any atom is 0.337 e. The van der Waals surface area contributed by atoms with Gasteiger partial charge in [-0.05, 0) is 36.4 Å². The Morgan fingerprint density at radius 3 is 2.42 bits per heavy atom. The topological polar surface area (TPSA) is 59.5 Å². The van der Waals surface area contributed by atoms with Gasteiger partial charge in [0.2, 0.25) is 0 Å². The molecule has 0 atom stereocenters. The van der Waals surface area contributed by atoms with E-state index in [9.17, 15) is 9.59 Å². The lowest BCUT2D eigenvalue weighted by atomic mass is 10.1. The summed E-state index contributed by atoms with van der Waals surface area (Å²) < 4.78 is 5.76.